The van der Waals surface area contributed by atoms with E-state index in [2.05, 4.69) is 0 Å². The average molecular weight is 250 g/mol. The van der Waals surface area contributed by atoms with Crippen LogP contribution in [0.5, 0.6) is 0 Å². The van der Waals surface area contributed by atoms with E-state index in [1.807, 2.05) is 0 Å². The first-order chi connectivity index (χ1) is 8.54. The molecule has 4 saturated carbocycles. The number of hydrogen-bond donors (Lipinski definition) is 1. The standard InChI is InChI=1S/C15H22O3/c1-8(15(16)17)9(2)18-14-12-4-10-3-11(6-12)7-13(14)5-10/h10-14H,3-7H2,1-2H3,(H,16,17)/b9-8+. The Morgan fingerprint density at radius 3 is 1.94 bits per heavy atom. The Morgan fingerprint density at radius 1 is 1.00 bits per heavy atom. The Hall–Kier alpha value is -0.990. The topological polar surface area (TPSA) is 46.5 Å². The van der Waals surface area contributed by atoms with E-state index in [1.54, 1.807) is 13.8 Å². The van der Waals surface area contributed by atoms with Gasteiger partial charge in [-0.15, -0.1) is 0 Å². The minimum absolute atomic E-state index is 0.284. The van der Waals surface area contributed by atoms with Gasteiger partial charge in [-0.05, 0) is 69.6 Å². The molecule has 0 saturated heterocycles. The molecule has 3 nitrogen and oxygen atoms in total. The van der Waals surface area contributed by atoms with Crippen LogP contribution in [0.2, 0.25) is 0 Å². The molecule has 4 aliphatic rings. The van der Waals surface area contributed by atoms with Crippen LogP contribution in [0.15, 0.2) is 11.3 Å². The van der Waals surface area contributed by atoms with Crippen molar-refractivity contribution in [3.63, 3.8) is 0 Å². The van der Waals surface area contributed by atoms with Crippen LogP contribution >= 0.6 is 0 Å². The maximum absolute atomic E-state index is 11.0. The van der Waals surface area contributed by atoms with Crippen molar-refractivity contribution in [1.29, 1.82) is 0 Å². The number of carboxylic acids is 1. The van der Waals surface area contributed by atoms with Gasteiger partial charge in [0.25, 0.3) is 0 Å². The van der Waals surface area contributed by atoms with Crippen LogP contribution < -0.4 is 0 Å². The fraction of sp³-hybridized carbons (Fsp3) is 0.800. The fourth-order valence-corrected chi connectivity index (χ4v) is 4.51. The molecule has 0 heterocycles. The molecule has 4 aliphatic carbocycles. The van der Waals surface area contributed by atoms with E-state index in [0.717, 1.165) is 11.8 Å². The summed E-state index contributed by atoms with van der Waals surface area (Å²) in [6.45, 7) is 3.43. The summed E-state index contributed by atoms with van der Waals surface area (Å²) in [7, 11) is 0. The van der Waals surface area contributed by atoms with Crippen molar-refractivity contribution >= 4 is 5.97 Å². The molecule has 0 unspecified atom stereocenters. The number of carboxylic acid groups (broad SMARTS) is 1. The Bertz CT molecular complexity index is 369. The fourth-order valence-electron chi connectivity index (χ4n) is 4.51. The number of rotatable bonds is 3. The molecule has 3 heteroatoms. The van der Waals surface area contributed by atoms with Gasteiger partial charge in [-0.2, -0.15) is 0 Å². The third-order valence-electron chi connectivity index (χ3n) is 5.30. The van der Waals surface area contributed by atoms with E-state index in [9.17, 15) is 4.79 Å². The van der Waals surface area contributed by atoms with Crippen molar-refractivity contribution in [2.75, 3.05) is 0 Å². The lowest BCUT2D eigenvalue weighted by atomic mass is 9.55. The lowest BCUT2D eigenvalue weighted by Crippen LogP contribution is -2.49. The summed E-state index contributed by atoms with van der Waals surface area (Å²) in [5.74, 6) is 2.96. The monoisotopic (exact) mass is 250 g/mol. The smallest absolute Gasteiger partial charge is 0.334 e. The molecule has 4 bridgehead atoms. The minimum Gasteiger partial charge on any atom is -0.494 e. The molecule has 18 heavy (non-hydrogen) atoms. The Morgan fingerprint density at radius 2 is 1.50 bits per heavy atom. The molecule has 0 amide bonds. The van der Waals surface area contributed by atoms with Crippen molar-refractivity contribution in [3.05, 3.63) is 11.3 Å². The second-order valence-corrected chi connectivity index (χ2v) is 6.50. The molecule has 0 aromatic rings. The van der Waals surface area contributed by atoms with Gasteiger partial charge in [0.15, 0.2) is 0 Å². The maximum atomic E-state index is 11.0. The van der Waals surface area contributed by atoms with Crippen molar-refractivity contribution in [2.24, 2.45) is 23.7 Å². The first kappa shape index (κ1) is 12.1. The van der Waals surface area contributed by atoms with Crippen LogP contribution in [-0.4, -0.2) is 17.2 Å². The van der Waals surface area contributed by atoms with E-state index in [-0.39, 0.29) is 6.10 Å². The van der Waals surface area contributed by atoms with Crippen molar-refractivity contribution < 1.29 is 14.6 Å². The molecule has 4 rings (SSSR count). The van der Waals surface area contributed by atoms with Gasteiger partial charge in [0, 0.05) is 0 Å². The zero-order valence-corrected chi connectivity index (χ0v) is 11.2. The largest absolute Gasteiger partial charge is 0.494 e. The van der Waals surface area contributed by atoms with Crippen molar-refractivity contribution in [1.82, 2.24) is 0 Å². The Labute approximate surface area is 108 Å². The van der Waals surface area contributed by atoms with Crippen molar-refractivity contribution in [3.8, 4) is 0 Å². The minimum atomic E-state index is -0.865. The zero-order valence-electron chi connectivity index (χ0n) is 11.2. The van der Waals surface area contributed by atoms with E-state index in [0.29, 0.717) is 23.2 Å². The molecular formula is C15H22O3. The lowest BCUT2D eigenvalue weighted by molar-refractivity contribution is -0.133. The third kappa shape index (κ3) is 1.94. The van der Waals surface area contributed by atoms with Crippen LogP contribution in [0.1, 0.15) is 46.0 Å². The first-order valence-corrected chi connectivity index (χ1v) is 7.12. The van der Waals surface area contributed by atoms with Gasteiger partial charge >= 0.3 is 5.97 Å². The summed E-state index contributed by atoms with van der Waals surface area (Å²) in [6, 6.07) is 0. The Kier molecular flexibility index (Phi) is 2.87. The molecule has 0 atom stereocenters. The Balaban J connectivity index is 1.74. The van der Waals surface area contributed by atoms with Gasteiger partial charge in [-0.3, -0.25) is 0 Å². The second-order valence-electron chi connectivity index (χ2n) is 6.50. The first-order valence-electron chi connectivity index (χ1n) is 7.12. The van der Waals surface area contributed by atoms with Crippen LogP contribution in [-0.2, 0) is 9.53 Å². The third-order valence-corrected chi connectivity index (χ3v) is 5.30. The average Bonchev–Trinajstić information content (AvgIpc) is 2.31. The summed E-state index contributed by atoms with van der Waals surface area (Å²) >= 11 is 0. The predicted octanol–water partition coefficient (Wildman–Crippen LogP) is 3.21. The van der Waals surface area contributed by atoms with Gasteiger partial charge in [-0.25, -0.2) is 4.79 Å². The zero-order chi connectivity index (χ0) is 12.9. The van der Waals surface area contributed by atoms with Crippen LogP contribution in [0.4, 0.5) is 0 Å². The molecule has 0 aromatic carbocycles. The SMILES string of the molecule is C/C(OC1C2CC3CC(C2)CC1C3)=C(/C)C(=O)O. The number of ether oxygens (including phenoxy) is 1. The van der Waals surface area contributed by atoms with E-state index < -0.39 is 5.97 Å². The summed E-state index contributed by atoms with van der Waals surface area (Å²) in [6.07, 6.45) is 6.93. The van der Waals surface area contributed by atoms with Gasteiger partial charge < -0.3 is 9.84 Å². The van der Waals surface area contributed by atoms with Gasteiger partial charge in [0.05, 0.1) is 5.57 Å². The molecule has 4 fully saturated rings. The second kappa shape index (κ2) is 4.29. The van der Waals surface area contributed by atoms with Crippen LogP contribution in [0.25, 0.3) is 0 Å². The number of hydrogen-bond acceptors (Lipinski definition) is 2. The highest BCUT2D eigenvalue weighted by Crippen LogP contribution is 2.55. The highest BCUT2D eigenvalue weighted by Gasteiger charge is 2.49. The molecular weight excluding hydrogens is 228 g/mol. The van der Waals surface area contributed by atoms with E-state index in [1.165, 1.54) is 32.1 Å². The highest BCUT2D eigenvalue weighted by molar-refractivity contribution is 5.86. The van der Waals surface area contributed by atoms with E-state index >= 15 is 0 Å². The molecule has 0 aliphatic heterocycles. The van der Waals surface area contributed by atoms with Crippen molar-refractivity contribution in [2.45, 2.75) is 52.1 Å². The van der Waals surface area contributed by atoms with Gasteiger partial charge in [0.2, 0.25) is 0 Å². The predicted molar refractivity (Wildman–Crippen MR) is 67.9 cm³/mol. The van der Waals surface area contributed by atoms with Gasteiger partial charge in [-0.1, -0.05) is 0 Å². The summed E-state index contributed by atoms with van der Waals surface area (Å²) in [5.41, 5.74) is 0.351. The molecule has 100 valence electrons. The normalized spacial score (nSPS) is 42.7. The van der Waals surface area contributed by atoms with Crippen LogP contribution in [0.3, 0.4) is 0 Å². The molecule has 0 spiro atoms. The quantitative estimate of drug-likeness (QED) is 0.618. The molecule has 1 N–H and O–H groups in total. The number of carbonyl (C=O) groups is 1. The highest BCUT2D eigenvalue weighted by atomic mass is 16.5. The summed E-state index contributed by atoms with van der Waals surface area (Å²) in [5, 5.41) is 9.00. The molecule has 0 aromatic heterocycles. The van der Waals surface area contributed by atoms with Gasteiger partial charge in [0.1, 0.15) is 11.9 Å². The maximum Gasteiger partial charge on any atom is 0.334 e. The number of allylic oxidation sites excluding steroid dienone is 1. The molecule has 0 radical (unpaired) electrons. The van der Waals surface area contributed by atoms with E-state index in [4.69, 9.17) is 9.84 Å². The lowest BCUT2D eigenvalue weighted by Gasteiger charge is -2.53. The number of aliphatic carboxylic acids is 1. The summed E-state index contributed by atoms with van der Waals surface area (Å²) in [4.78, 5) is 11.0. The summed E-state index contributed by atoms with van der Waals surface area (Å²) < 4.78 is 6.05. The van der Waals surface area contributed by atoms with Crippen LogP contribution in [0, 0.1) is 23.7 Å².